The highest BCUT2D eigenvalue weighted by Crippen LogP contribution is 2.24. The number of rotatable bonds is 6. The topological polar surface area (TPSA) is 61.4 Å². The Balaban J connectivity index is 2.88. The number of anilines is 2. The Kier molecular flexibility index (Phi) is 4.77. The molecular formula is C11H19N3O2S. The smallest absolute Gasteiger partial charge is 0.234 e. The summed E-state index contributed by atoms with van der Waals surface area (Å²) < 4.78 is 26.1. The van der Waals surface area contributed by atoms with E-state index in [1.54, 1.807) is 13.1 Å². The summed E-state index contributed by atoms with van der Waals surface area (Å²) in [4.78, 5) is 1.87. The van der Waals surface area contributed by atoms with Crippen LogP contribution in [0.15, 0.2) is 24.3 Å². The second-order valence-electron chi connectivity index (χ2n) is 3.94. The van der Waals surface area contributed by atoms with Crippen LogP contribution in [0, 0.1) is 0 Å². The molecule has 0 saturated heterocycles. The van der Waals surface area contributed by atoms with Crippen molar-refractivity contribution < 1.29 is 8.42 Å². The summed E-state index contributed by atoms with van der Waals surface area (Å²) in [6.07, 6.45) is 0. The van der Waals surface area contributed by atoms with E-state index in [0.717, 1.165) is 5.69 Å². The SMILES string of the molecule is CNCCS(=O)(=O)Nc1ccccc1N(C)C. The average molecular weight is 257 g/mol. The Morgan fingerprint density at radius 3 is 2.47 bits per heavy atom. The number of benzene rings is 1. The van der Waals surface area contributed by atoms with Crippen LogP contribution in [0.1, 0.15) is 0 Å². The van der Waals surface area contributed by atoms with Crippen molar-refractivity contribution >= 4 is 21.4 Å². The first kappa shape index (κ1) is 13.8. The van der Waals surface area contributed by atoms with E-state index in [1.807, 2.05) is 37.2 Å². The highest BCUT2D eigenvalue weighted by molar-refractivity contribution is 7.92. The fraction of sp³-hybridized carbons (Fsp3) is 0.455. The van der Waals surface area contributed by atoms with Gasteiger partial charge in [0, 0.05) is 20.6 Å². The van der Waals surface area contributed by atoms with Gasteiger partial charge < -0.3 is 10.2 Å². The van der Waals surface area contributed by atoms with Gasteiger partial charge in [0.05, 0.1) is 17.1 Å². The normalized spacial score (nSPS) is 11.2. The van der Waals surface area contributed by atoms with E-state index in [4.69, 9.17) is 0 Å². The van der Waals surface area contributed by atoms with Gasteiger partial charge in [0.15, 0.2) is 0 Å². The van der Waals surface area contributed by atoms with Crippen molar-refractivity contribution in [2.75, 3.05) is 43.1 Å². The largest absolute Gasteiger partial charge is 0.376 e. The molecule has 0 aliphatic rings. The van der Waals surface area contributed by atoms with E-state index in [-0.39, 0.29) is 5.75 Å². The lowest BCUT2D eigenvalue weighted by molar-refractivity contribution is 0.599. The first-order valence-corrected chi connectivity index (χ1v) is 7.03. The number of sulfonamides is 1. The quantitative estimate of drug-likeness (QED) is 0.788. The Morgan fingerprint density at radius 1 is 1.24 bits per heavy atom. The number of nitrogens with zero attached hydrogens (tertiary/aromatic N) is 1. The molecule has 0 aliphatic carbocycles. The van der Waals surface area contributed by atoms with Crippen LogP contribution in [-0.4, -0.2) is 41.9 Å². The van der Waals surface area contributed by atoms with Crippen molar-refractivity contribution in [3.63, 3.8) is 0 Å². The molecule has 0 amide bonds. The zero-order valence-corrected chi connectivity index (χ0v) is 11.2. The summed E-state index contributed by atoms with van der Waals surface area (Å²) in [6, 6.07) is 7.31. The fourth-order valence-corrected chi connectivity index (χ4v) is 2.49. The molecule has 0 saturated carbocycles. The van der Waals surface area contributed by atoms with Crippen molar-refractivity contribution in [1.82, 2.24) is 5.32 Å². The van der Waals surface area contributed by atoms with Crippen LogP contribution < -0.4 is 14.9 Å². The maximum absolute atomic E-state index is 11.8. The van der Waals surface area contributed by atoms with E-state index in [9.17, 15) is 8.42 Å². The fourth-order valence-electron chi connectivity index (χ4n) is 1.40. The lowest BCUT2D eigenvalue weighted by Gasteiger charge is -2.18. The minimum atomic E-state index is -3.29. The molecule has 0 aliphatic heterocycles. The minimum absolute atomic E-state index is 0.0608. The molecule has 1 aromatic carbocycles. The molecular weight excluding hydrogens is 238 g/mol. The number of para-hydroxylation sites is 2. The second-order valence-corrected chi connectivity index (χ2v) is 5.78. The van der Waals surface area contributed by atoms with Gasteiger partial charge in [-0.25, -0.2) is 8.42 Å². The van der Waals surface area contributed by atoms with E-state index in [1.165, 1.54) is 0 Å². The molecule has 6 heteroatoms. The third-order valence-corrected chi connectivity index (χ3v) is 3.54. The summed E-state index contributed by atoms with van der Waals surface area (Å²) in [6.45, 7) is 0.430. The summed E-state index contributed by atoms with van der Waals surface area (Å²) in [5.74, 6) is 0.0608. The number of hydrogen-bond donors (Lipinski definition) is 2. The van der Waals surface area contributed by atoms with Crippen molar-refractivity contribution in [3.05, 3.63) is 24.3 Å². The van der Waals surface area contributed by atoms with Crippen molar-refractivity contribution in [3.8, 4) is 0 Å². The maximum Gasteiger partial charge on any atom is 0.234 e. The molecule has 1 aromatic rings. The highest BCUT2D eigenvalue weighted by Gasteiger charge is 2.12. The van der Waals surface area contributed by atoms with E-state index in [0.29, 0.717) is 12.2 Å². The summed E-state index contributed by atoms with van der Waals surface area (Å²) in [5.41, 5.74) is 1.45. The minimum Gasteiger partial charge on any atom is -0.376 e. The predicted molar refractivity (Wildman–Crippen MR) is 72.1 cm³/mol. The zero-order chi connectivity index (χ0) is 12.9. The molecule has 5 nitrogen and oxygen atoms in total. The predicted octanol–water partition coefficient (Wildman–Crippen LogP) is 0.714. The summed E-state index contributed by atoms with van der Waals surface area (Å²) in [5, 5.41) is 2.82. The Bertz CT molecular complexity index is 458. The molecule has 0 radical (unpaired) electrons. The van der Waals surface area contributed by atoms with Gasteiger partial charge >= 0.3 is 0 Å². The van der Waals surface area contributed by atoms with Crippen LogP contribution in [0.5, 0.6) is 0 Å². The van der Waals surface area contributed by atoms with Gasteiger partial charge in [-0.2, -0.15) is 0 Å². The van der Waals surface area contributed by atoms with Gasteiger partial charge in [0.25, 0.3) is 0 Å². The van der Waals surface area contributed by atoms with Crippen molar-refractivity contribution in [2.45, 2.75) is 0 Å². The first-order valence-electron chi connectivity index (χ1n) is 5.38. The monoisotopic (exact) mass is 257 g/mol. The lowest BCUT2D eigenvalue weighted by atomic mass is 10.2. The molecule has 0 fully saturated rings. The van der Waals surface area contributed by atoms with E-state index >= 15 is 0 Å². The molecule has 1 rings (SSSR count). The third kappa shape index (κ3) is 4.24. The van der Waals surface area contributed by atoms with Gasteiger partial charge in [-0.1, -0.05) is 12.1 Å². The van der Waals surface area contributed by atoms with Crippen LogP contribution >= 0.6 is 0 Å². The standard InChI is InChI=1S/C11H19N3O2S/c1-12-8-9-17(15,16)13-10-6-4-5-7-11(10)14(2)3/h4-7,12-13H,8-9H2,1-3H3. The van der Waals surface area contributed by atoms with Crippen LogP contribution in [0.2, 0.25) is 0 Å². The van der Waals surface area contributed by atoms with Gasteiger partial charge in [-0.3, -0.25) is 4.72 Å². The zero-order valence-electron chi connectivity index (χ0n) is 10.4. The Morgan fingerprint density at radius 2 is 1.88 bits per heavy atom. The van der Waals surface area contributed by atoms with Gasteiger partial charge in [-0.05, 0) is 19.2 Å². The average Bonchev–Trinajstić information content (AvgIpc) is 2.26. The number of hydrogen-bond acceptors (Lipinski definition) is 4. The molecule has 0 aromatic heterocycles. The van der Waals surface area contributed by atoms with E-state index < -0.39 is 10.0 Å². The second kappa shape index (κ2) is 5.88. The molecule has 0 bridgehead atoms. The third-order valence-electron chi connectivity index (χ3n) is 2.27. The molecule has 0 heterocycles. The molecule has 96 valence electrons. The molecule has 0 spiro atoms. The van der Waals surface area contributed by atoms with Crippen molar-refractivity contribution in [1.29, 1.82) is 0 Å². The van der Waals surface area contributed by atoms with Crippen LogP contribution in [-0.2, 0) is 10.0 Å². The van der Waals surface area contributed by atoms with Gasteiger partial charge in [-0.15, -0.1) is 0 Å². The number of nitrogens with one attached hydrogen (secondary N) is 2. The summed E-state index contributed by atoms with van der Waals surface area (Å²) in [7, 11) is 2.18. The first-order chi connectivity index (χ1) is 7.96. The Hall–Kier alpha value is -1.27. The molecule has 2 N–H and O–H groups in total. The molecule has 0 atom stereocenters. The van der Waals surface area contributed by atoms with Crippen LogP contribution in [0.25, 0.3) is 0 Å². The Labute approximate surface area is 103 Å². The lowest BCUT2D eigenvalue weighted by Crippen LogP contribution is -2.25. The van der Waals surface area contributed by atoms with Gasteiger partial charge in [0.2, 0.25) is 10.0 Å². The molecule has 0 unspecified atom stereocenters. The maximum atomic E-state index is 11.8. The van der Waals surface area contributed by atoms with Crippen LogP contribution in [0.4, 0.5) is 11.4 Å². The summed E-state index contributed by atoms with van der Waals surface area (Å²) >= 11 is 0. The van der Waals surface area contributed by atoms with Gasteiger partial charge in [0.1, 0.15) is 0 Å². The van der Waals surface area contributed by atoms with E-state index in [2.05, 4.69) is 10.0 Å². The van der Waals surface area contributed by atoms with Crippen LogP contribution in [0.3, 0.4) is 0 Å². The molecule has 17 heavy (non-hydrogen) atoms. The highest BCUT2D eigenvalue weighted by atomic mass is 32.2. The van der Waals surface area contributed by atoms with Crippen molar-refractivity contribution in [2.24, 2.45) is 0 Å².